The number of hydrogen-bond acceptors (Lipinski definition) is 4. The number of hydrogen-bond donors (Lipinski definition) is 0. The zero-order valence-corrected chi connectivity index (χ0v) is 11.6. The summed E-state index contributed by atoms with van der Waals surface area (Å²) in [4.78, 5) is 0. The van der Waals surface area contributed by atoms with Crippen LogP contribution in [0, 0.1) is 5.82 Å². The average molecular weight is 282 g/mol. The molecule has 2 aliphatic heterocycles. The minimum atomic E-state index is -1.20. The first-order chi connectivity index (χ1) is 11.0. The van der Waals surface area contributed by atoms with Crippen LogP contribution in [-0.4, -0.2) is 18.3 Å². The van der Waals surface area contributed by atoms with Crippen molar-refractivity contribution in [1.29, 1.82) is 0 Å². The Balaban J connectivity index is 2.13. The summed E-state index contributed by atoms with van der Waals surface area (Å²) in [6.45, 7) is 7.13. The maximum atomic E-state index is 14.9. The van der Waals surface area contributed by atoms with Gasteiger partial charge in [-0.2, -0.15) is 0 Å². The van der Waals surface area contributed by atoms with Crippen LogP contribution < -0.4 is 14.9 Å². The lowest BCUT2D eigenvalue weighted by molar-refractivity contribution is 0.00578. The molecule has 0 N–H and O–H groups in total. The lowest BCUT2D eigenvalue weighted by atomic mass is 9.78. The van der Waals surface area contributed by atoms with Gasteiger partial charge in [0, 0.05) is 5.46 Å². The Bertz CT molecular complexity index is 750. The molecule has 0 unspecified atom stereocenters. The van der Waals surface area contributed by atoms with E-state index in [0.717, 1.165) is 0 Å². The summed E-state index contributed by atoms with van der Waals surface area (Å²) >= 11 is 0. The third-order valence-corrected chi connectivity index (χ3v) is 3.79. The van der Waals surface area contributed by atoms with Gasteiger partial charge in [0.05, 0.1) is 13.9 Å². The summed E-state index contributed by atoms with van der Waals surface area (Å²) in [6, 6.07) is -0.942. The first-order valence-electron chi connectivity index (χ1n) is 8.17. The number of halogens is 1. The van der Waals surface area contributed by atoms with Crippen LogP contribution in [0.2, 0.25) is 0 Å². The van der Waals surface area contributed by atoms with Gasteiger partial charge in [-0.15, -0.1) is 0 Å². The van der Waals surface area contributed by atoms with Crippen molar-refractivity contribution in [3.63, 3.8) is 0 Å². The summed E-state index contributed by atoms with van der Waals surface area (Å²) < 4.78 is 67.2. The van der Waals surface area contributed by atoms with E-state index >= 15 is 0 Å². The molecule has 0 aromatic heterocycles. The molecule has 0 radical (unpaired) electrons. The SMILES string of the molecule is [2H]C1=C([2H])Oc2c(F)c(B3OC(C)(C)C(C)(C)O3)c([2H])c([2H])c2O1. The third-order valence-electron chi connectivity index (χ3n) is 3.79. The largest absolute Gasteiger partial charge is 0.498 e. The molecule has 3 rings (SSSR count). The van der Waals surface area contributed by atoms with Crippen LogP contribution in [0.3, 0.4) is 0 Å². The quantitative estimate of drug-likeness (QED) is 0.741. The lowest BCUT2D eigenvalue weighted by Gasteiger charge is -2.32. The maximum absolute atomic E-state index is 14.9. The lowest BCUT2D eigenvalue weighted by Crippen LogP contribution is -2.41. The van der Waals surface area contributed by atoms with E-state index in [-0.39, 0.29) is 5.46 Å². The third kappa shape index (κ3) is 1.91. The van der Waals surface area contributed by atoms with E-state index in [1.807, 2.05) is 0 Å². The molecule has 0 atom stereocenters. The Morgan fingerprint density at radius 1 is 1.05 bits per heavy atom. The highest BCUT2D eigenvalue weighted by Gasteiger charge is 2.52. The zero-order chi connectivity index (χ0) is 18.0. The molecule has 1 aromatic rings. The molecule has 6 heteroatoms. The fraction of sp³-hybridized carbons (Fsp3) is 0.429. The number of ether oxygens (including phenoxy) is 2. The standard InChI is InChI=1S/C14H16BFO4/c1-13(2)14(3,4)20-15(19-13)9-5-6-10-12(11(9)16)18-8-7-17-10/h5-8H,1-4H3/i5D,6D,7D,8D. The van der Waals surface area contributed by atoms with E-state index in [1.165, 1.54) is 0 Å². The summed E-state index contributed by atoms with van der Waals surface area (Å²) in [5, 5.41) is 0. The molecular formula is C14H16BFO4. The second-order valence-electron chi connectivity index (χ2n) is 5.63. The van der Waals surface area contributed by atoms with Crippen molar-refractivity contribution in [3.8, 4) is 11.5 Å². The number of fused-ring (bicyclic) bond motifs is 1. The summed E-state index contributed by atoms with van der Waals surface area (Å²) in [6.07, 6.45) is -1.34. The molecule has 4 nitrogen and oxygen atoms in total. The van der Waals surface area contributed by atoms with Crippen LogP contribution in [0.15, 0.2) is 24.6 Å². The summed E-state index contributed by atoms with van der Waals surface area (Å²) in [5.74, 6) is -1.91. The van der Waals surface area contributed by atoms with Gasteiger partial charge in [0.2, 0.25) is 5.75 Å². The van der Waals surface area contributed by atoms with E-state index in [2.05, 4.69) is 0 Å². The fourth-order valence-corrected chi connectivity index (χ4v) is 1.89. The Labute approximate surface area is 123 Å². The highest BCUT2D eigenvalue weighted by atomic mass is 19.1. The highest BCUT2D eigenvalue weighted by molar-refractivity contribution is 6.62. The van der Waals surface area contributed by atoms with Crippen molar-refractivity contribution in [2.75, 3.05) is 0 Å². The minimum absolute atomic E-state index is 0.290. The van der Waals surface area contributed by atoms with Crippen LogP contribution in [0.4, 0.5) is 4.39 Å². The number of rotatable bonds is 1. The Morgan fingerprint density at radius 2 is 1.65 bits per heavy atom. The van der Waals surface area contributed by atoms with Crippen molar-refractivity contribution in [1.82, 2.24) is 0 Å². The van der Waals surface area contributed by atoms with E-state index in [0.29, 0.717) is 0 Å². The second kappa shape index (κ2) is 4.23. The van der Waals surface area contributed by atoms with Gasteiger partial charge in [-0.1, -0.05) is 6.04 Å². The minimum Gasteiger partial charge on any atom is -0.458 e. The molecule has 20 heavy (non-hydrogen) atoms. The summed E-state index contributed by atoms with van der Waals surface area (Å²) in [5.41, 5.74) is -1.79. The molecule has 106 valence electrons. The smallest absolute Gasteiger partial charge is 0.458 e. The van der Waals surface area contributed by atoms with E-state index in [1.54, 1.807) is 27.7 Å². The van der Waals surface area contributed by atoms with Gasteiger partial charge in [0.25, 0.3) is 0 Å². The highest BCUT2D eigenvalue weighted by Crippen LogP contribution is 2.38. The van der Waals surface area contributed by atoms with Gasteiger partial charge in [-0.05, 0) is 33.7 Å². The molecule has 1 aromatic carbocycles. The van der Waals surface area contributed by atoms with Crippen molar-refractivity contribution in [2.45, 2.75) is 38.9 Å². The predicted octanol–water partition coefficient (Wildman–Crippen LogP) is 2.37. The van der Waals surface area contributed by atoms with Gasteiger partial charge < -0.3 is 18.8 Å². The van der Waals surface area contributed by atoms with E-state index in [4.69, 9.17) is 24.3 Å². The van der Waals surface area contributed by atoms with Gasteiger partial charge in [-0.3, -0.25) is 0 Å². The Morgan fingerprint density at radius 3 is 2.30 bits per heavy atom. The topological polar surface area (TPSA) is 36.9 Å². The van der Waals surface area contributed by atoms with E-state index < -0.39 is 60.2 Å². The Hall–Kier alpha value is -1.53. The predicted molar refractivity (Wildman–Crippen MR) is 72.5 cm³/mol. The molecular weight excluding hydrogens is 262 g/mol. The van der Waals surface area contributed by atoms with Gasteiger partial charge >= 0.3 is 7.12 Å². The molecule has 0 bridgehead atoms. The van der Waals surface area contributed by atoms with Gasteiger partial charge in [-0.25, -0.2) is 4.39 Å². The molecule has 2 aliphatic rings. The molecule has 1 saturated heterocycles. The van der Waals surface area contributed by atoms with Crippen LogP contribution in [0.5, 0.6) is 11.5 Å². The van der Waals surface area contributed by atoms with Crippen molar-refractivity contribution >= 4 is 12.6 Å². The molecule has 0 saturated carbocycles. The Kier molecular flexibility index (Phi) is 1.99. The van der Waals surface area contributed by atoms with Crippen molar-refractivity contribution in [2.24, 2.45) is 0 Å². The monoisotopic (exact) mass is 282 g/mol. The van der Waals surface area contributed by atoms with E-state index in [9.17, 15) is 4.39 Å². The van der Waals surface area contributed by atoms with Crippen molar-refractivity contribution < 1.29 is 28.7 Å². The van der Waals surface area contributed by atoms with Crippen LogP contribution >= 0.6 is 0 Å². The summed E-state index contributed by atoms with van der Waals surface area (Å²) in [7, 11) is -1.20. The van der Waals surface area contributed by atoms with Crippen LogP contribution in [0.25, 0.3) is 0 Å². The zero-order valence-electron chi connectivity index (χ0n) is 15.6. The fourth-order valence-electron chi connectivity index (χ4n) is 1.89. The second-order valence-corrected chi connectivity index (χ2v) is 5.63. The first kappa shape index (κ1) is 9.42. The van der Waals surface area contributed by atoms with Crippen molar-refractivity contribution in [3.05, 3.63) is 30.4 Å². The molecule has 1 fully saturated rings. The first-order valence-corrected chi connectivity index (χ1v) is 6.17. The van der Waals surface area contributed by atoms with Crippen LogP contribution in [-0.2, 0) is 9.31 Å². The normalized spacial score (nSPS) is 25.9. The van der Waals surface area contributed by atoms with Gasteiger partial charge in [0.1, 0.15) is 15.2 Å². The average Bonchev–Trinajstić information content (AvgIpc) is 2.67. The van der Waals surface area contributed by atoms with Crippen LogP contribution in [0.1, 0.15) is 33.2 Å². The molecule has 0 aliphatic carbocycles. The number of benzene rings is 1. The van der Waals surface area contributed by atoms with Gasteiger partial charge in [0.15, 0.2) is 11.6 Å². The molecule has 0 amide bonds. The molecule has 0 spiro atoms. The maximum Gasteiger partial charge on any atom is 0.498 e. The molecule has 2 heterocycles.